The van der Waals surface area contributed by atoms with Crippen molar-refractivity contribution in [2.75, 3.05) is 11.9 Å². The maximum atomic E-state index is 13.4. The average Bonchev–Trinajstić information content (AvgIpc) is 2.88. The van der Waals surface area contributed by atoms with E-state index in [0.717, 1.165) is 5.56 Å². The molecule has 1 amide bonds. The van der Waals surface area contributed by atoms with Crippen molar-refractivity contribution < 1.29 is 14.5 Å². The number of benzene rings is 3. The Labute approximate surface area is 242 Å². The summed E-state index contributed by atoms with van der Waals surface area (Å²) in [7, 11) is 0. The van der Waals surface area contributed by atoms with Crippen LogP contribution in [0.15, 0.2) is 69.0 Å². The van der Waals surface area contributed by atoms with Gasteiger partial charge in [-0.3, -0.25) is 19.7 Å². The minimum atomic E-state index is -0.667. The van der Waals surface area contributed by atoms with Gasteiger partial charge < -0.3 is 10.1 Å². The number of aryl methyl sites for hydroxylation is 1. The van der Waals surface area contributed by atoms with Gasteiger partial charge >= 0.3 is 5.69 Å². The number of carbonyl (C=O) groups excluding carboxylic acids is 1. The summed E-state index contributed by atoms with van der Waals surface area (Å²) in [6, 6.07) is 15.0. The van der Waals surface area contributed by atoms with Crippen molar-refractivity contribution in [2.24, 2.45) is 5.10 Å². The molecular formula is C28H25BrClN5O5. The molecule has 10 nitrogen and oxygen atoms in total. The highest BCUT2D eigenvalue weighted by Gasteiger charge is 2.24. The van der Waals surface area contributed by atoms with E-state index in [-0.39, 0.29) is 16.3 Å². The number of ether oxygens (including phenoxy) is 1. The van der Waals surface area contributed by atoms with Gasteiger partial charge in [-0.05, 0) is 42.8 Å². The quantitative estimate of drug-likeness (QED) is 0.147. The van der Waals surface area contributed by atoms with Crippen LogP contribution in [0.4, 0.5) is 11.4 Å². The molecule has 3 aromatic carbocycles. The largest absolute Gasteiger partial charge is 0.476 e. The Morgan fingerprint density at radius 3 is 2.62 bits per heavy atom. The monoisotopic (exact) mass is 625 g/mol. The molecule has 0 bridgehead atoms. The fraction of sp³-hybridized carbons (Fsp3) is 0.214. The Hall–Kier alpha value is -4.09. The van der Waals surface area contributed by atoms with Crippen LogP contribution < -0.4 is 15.6 Å². The van der Waals surface area contributed by atoms with E-state index in [2.05, 4.69) is 31.3 Å². The normalized spacial score (nSPS) is 11.7. The first-order valence-corrected chi connectivity index (χ1v) is 13.3. The number of hydrogen-bond acceptors (Lipinski definition) is 7. The van der Waals surface area contributed by atoms with Crippen molar-refractivity contribution in [3.63, 3.8) is 0 Å². The molecule has 1 heterocycles. The van der Waals surface area contributed by atoms with Crippen molar-refractivity contribution >= 4 is 61.9 Å². The highest BCUT2D eigenvalue weighted by molar-refractivity contribution is 9.10. The zero-order valence-corrected chi connectivity index (χ0v) is 24.4. The van der Waals surface area contributed by atoms with Crippen LogP contribution in [0.5, 0.6) is 5.75 Å². The zero-order valence-electron chi connectivity index (χ0n) is 22.1. The molecule has 206 valence electrons. The number of nitrogens with one attached hydrogen (secondary N) is 1. The van der Waals surface area contributed by atoms with E-state index in [4.69, 9.17) is 16.3 Å². The minimum absolute atomic E-state index is 0.0942. The van der Waals surface area contributed by atoms with Gasteiger partial charge in [0.2, 0.25) is 5.75 Å². The predicted octanol–water partition coefficient (Wildman–Crippen LogP) is 6.23. The number of rotatable bonds is 7. The van der Waals surface area contributed by atoms with Gasteiger partial charge in [0.05, 0.1) is 27.1 Å². The third kappa shape index (κ3) is 6.37. The number of nitro groups is 1. The maximum absolute atomic E-state index is 13.4. The molecule has 0 aliphatic heterocycles. The first-order valence-electron chi connectivity index (χ1n) is 12.1. The van der Waals surface area contributed by atoms with Gasteiger partial charge in [0.25, 0.3) is 11.5 Å². The summed E-state index contributed by atoms with van der Waals surface area (Å²) < 4.78 is 7.35. The second-order valence-electron chi connectivity index (χ2n) is 9.97. The molecule has 0 unspecified atom stereocenters. The number of fused-ring (bicyclic) bond motifs is 1. The molecule has 0 fully saturated rings. The zero-order chi connectivity index (χ0) is 29.2. The van der Waals surface area contributed by atoms with Crippen LogP contribution in [-0.2, 0) is 10.2 Å². The highest BCUT2D eigenvalue weighted by atomic mass is 79.9. The fourth-order valence-electron chi connectivity index (χ4n) is 3.86. The summed E-state index contributed by atoms with van der Waals surface area (Å²) in [5.74, 6) is -0.355. The van der Waals surface area contributed by atoms with E-state index >= 15 is 0 Å². The van der Waals surface area contributed by atoms with Crippen LogP contribution in [-0.4, -0.2) is 33.3 Å². The van der Waals surface area contributed by atoms with E-state index in [1.807, 2.05) is 39.8 Å². The molecule has 0 aliphatic rings. The topological polar surface area (TPSA) is 129 Å². The highest BCUT2D eigenvalue weighted by Crippen LogP contribution is 2.36. The van der Waals surface area contributed by atoms with Gasteiger partial charge in [0.15, 0.2) is 6.61 Å². The Morgan fingerprint density at radius 1 is 1.23 bits per heavy atom. The van der Waals surface area contributed by atoms with Crippen LogP contribution >= 0.6 is 27.5 Å². The van der Waals surface area contributed by atoms with Gasteiger partial charge in [-0.15, -0.1) is 0 Å². The van der Waals surface area contributed by atoms with E-state index in [9.17, 15) is 19.7 Å². The number of hydrogen-bond donors (Lipinski definition) is 1. The maximum Gasteiger partial charge on any atom is 0.313 e. The van der Waals surface area contributed by atoms with Gasteiger partial charge in [-0.1, -0.05) is 66.5 Å². The Morgan fingerprint density at radius 2 is 1.95 bits per heavy atom. The molecule has 0 radical (unpaired) electrons. The molecule has 1 aromatic heterocycles. The number of amides is 1. The van der Waals surface area contributed by atoms with Crippen LogP contribution in [0.25, 0.3) is 10.9 Å². The molecular weight excluding hydrogens is 602 g/mol. The van der Waals surface area contributed by atoms with Crippen molar-refractivity contribution in [3.8, 4) is 5.75 Å². The van der Waals surface area contributed by atoms with Crippen LogP contribution in [0, 0.1) is 17.0 Å². The molecule has 4 rings (SSSR count). The van der Waals surface area contributed by atoms with Gasteiger partial charge in [0, 0.05) is 27.2 Å². The molecule has 1 N–H and O–H groups in total. The standard InChI is InChI=1S/C28H25BrClN5O5/c1-16-7-5-6-8-21(16)32-24(36)15-40-25-20(30)11-17(12-23(25)35(38)39)14-31-34-26(37)19-13-18(29)9-10-22(19)33-27(34)28(2,3)4/h5-14H,15H2,1-4H3,(H,32,36). The molecule has 0 atom stereocenters. The van der Waals surface area contributed by atoms with Gasteiger partial charge in [-0.2, -0.15) is 9.78 Å². The van der Waals surface area contributed by atoms with Crippen LogP contribution in [0.2, 0.25) is 5.02 Å². The minimum Gasteiger partial charge on any atom is -0.476 e. The Balaban J connectivity index is 1.66. The number of para-hydroxylation sites is 1. The second-order valence-corrected chi connectivity index (χ2v) is 11.3. The number of anilines is 1. The van der Waals surface area contributed by atoms with E-state index in [0.29, 0.717) is 26.9 Å². The summed E-state index contributed by atoms with van der Waals surface area (Å²) >= 11 is 9.72. The van der Waals surface area contributed by atoms with Crippen molar-refractivity contribution in [1.82, 2.24) is 9.66 Å². The second kappa shape index (κ2) is 11.6. The van der Waals surface area contributed by atoms with Gasteiger partial charge in [-0.25, -0.2) is 4.98 Å². The number of nitro benzene ring substituents is 1. The first kappa shape index (κ1) is 28.9. The van der Waals surface area contributed by atoms with E-state index in [1.165, 1.54) is 23.0 Å². The Kier molecular flexibility index (Phi) is 8.36. The first-order chi connectivity index (χ1) is 18.8. The molecule has 12 heteroatoms. The SMILES string of the molecule is Cc1ccccc1NC(=O)COc1c(Cl)cc(C=Nn2c(C(C)(C)C)nc3ccc(Br)cc3c2=O)cc1[N+](=O)[O-]. The Bertz CT molecular complexity index is 1730. The number of aromatic nitrogens is 2. The van der Waals surface area contributed by atoms with Crippen molar-refractivity contribution in [1.29, 1.82) is 0 Å². The number of nitrogens with zero attached hydrogens (tertiary/aromatic N) is 4. The van der Waals surface area contributed by atoms with E-state index < -0.39 is 34.1 Å². The molecule has 4 aromatic rings. The summed E-state index contributed by atoms with van der Waals surface area (Å²) in [6.45, 7) is 7.03. The van der Waals surface area contributed by atoms with Gasteiger partial charge in [0.1, 0.15) is 5.82 Å². The van der Waals surface area contributed by atoms with Crippen LogP contribution in [0.1, 0.15) is 37.7 Å². The summed E-state index contributed by atoms with van der Waals surface area (Å²) in [6.07, 6.45) is 1.29. The lowest BCUT2D eigenvalue weighted by Gasteiger charge is -2.20. The third-order valence-corrected chi connectivity index (χ3v) is 6.59. The van der Waals surface area contributed by atoms with E-state index in [1.54, 1.807) is 30.3 Å². The summed E-state index contributed by atoms with van der Waals surface area (Å²) in [5, 5.41) is 19.2. The number of carbonyl (C=O) groups is 1. The number of halogens is 2. The fourth-order valence-corrected chi connectivity index (χ4v) is 4.49. The molecule has 0 aliphatic carbocycles. The third-order valence-electron chi connectivity index (χ3n) is 5.81. The summed E-state index contributed by atoms with van der Waals surface area (Å²) in [5.41, 5.74) is 0.827. The average molecular weight is 627 g/mol. The molecule has 0 spiro atoms. The predicted molar refractivity (Wildman–Crippen MR) is 159 cm³/mol. The lowest BCUT2D eigenvalue weighted by molar-refractivity contribution is -0.385. The summed E-state index contributed by atoms with van der Waals surface area (Å²) in [4.78, 5) is 41.6. The molecule has 0 saturated carbocycles. The molecule has 40 heavy (non-hydrogen) atoms. The van der Waals surface area contributed by atoms with Crippen LogP contribution in [0.3, 0.4) is 0 Å². The smallest absolute Gasteiger partial charge is 0.313 e. The molecule has 0 saturated heterocycles. The lowest BCUT2D eigenvalue weighted by atomic mass is 9.95. The van der Waals surface area contributed by atoms with Crippen molar-refractivity contribution in [3.05, 3.63) is 102 Å². The van der Waals surface area contributed by atoms with Crippen molar-refractivity contribution in [2.45, 2.75) is 33.1 Å². The lowest BCUT2D eigenvalue weighted by Crippen LogP contribution is -2.29.